The van der Waals surface area contributed by atoms with E-state index in [2.05, 4.69) is 44.6 Å². The summed E-state index contributed by atoms with van der Waals surface area (Å²) in [6.07, 6.45) is 4.68. The van der Waals surface area contributed by atoms with Crippen molar-refractivity contribution >= 4 is 11.5 Å². The normalized spacial score (nSPS) is 17.0. The number of rotatable bonds is 4. The monoisotopic (exact) mass is 334 g/mol. The van der Waals surface area contributed by atoms with Gasteiger partial charge in [0.15, 0.2) is 5.82 Å². The average Bonchev–Trinajstić information content (AvgIpc) is 3.22. The minimum absolute atomic E-state index is 0.418. The van der Waals surface area contributed by atoms with Crippen LogP contribution in [0, 0.1) is 13.8 Å². The summed E-state index contributed by atoms with van der Waals surface area (Å²) in [5, 5.41) is 8.09. The molecule has 0 unspecified atom stereocenters. The number of aromatic nitrogens is 4. The molecule has 1 N–H and O–H groups in total. The van der Waals surface area contributed by atoms with Gasteiger partial charge in [0.25, 0.3) is 0 Å². The van der Waals surface area contributed by atoms with Crippen molar-refractivity contribution in [3.05, 3.63) is 60.2 Å². The summed E-state index contributed by atoms with van der Waals surface area (Å²) in [6.45, 7) is 5.91. The Labute approximate surface area is 147 Å². The maximum Gasteiger partial charge on any atom is 0.174 e. The van der Waals surface area contributed by atoms with Gasteiger partial charge in [0.05, 0.1) is 18.1 Å². The Morgan fingerprint density at radius 1 is 1.08 bits per heavy atom. The van der Waals surface area contributed by atoms with Crippen LogP contribution >= 0.6 is 0 Å². The fraction of sp³-hybridized carbons (Fsp3) is 0.316. The van der Waals surface area contributed by atoms with E-state index in [9.17, 15) is 0 Å². The van der Waals surface area contributed by atoms with Crippen LogP contribution in [0.4, 0.5) is 11.5 Å². The summed E-state index contributed by atoms with van der Waals surface area (Å²) < 4.78 is 1.85. The van der Waals surface area contributed by atoms with E-state index in [0.717, 1.165) is 48.2 Å². The molecular weight excluding hydrogens is 312 g/mol. The van der Waals surface area contributed by atoms with Gasteiger partial charge in [-0.05, 0) is 38.5 Å². The van der Waals surface area contributed by atoms with Crippen LogP contribution in [0.25, 0.3) is 5.82 Å². The molecule has 1 aromatic carbocycles. The van der Waals surface area contributed by atoms with E-state index < -0.39 is 0 Å². The molecule has 0 saturated carbocycles. The van der Waals surface area contributed by atoms with Crippen molar-refractivity contribution in [2.45, 2.75) is 26.3 Å². The highest BCUT2D eigenvalue weighted by atomic mass is 15.3. The molecule has 1 fully saturated rings. The van der Waals surface area contributed by atoms with Crippen LogP contribution < -0.4 is 10.2 Å². The van der Waals surface area contributed by atoms with Crippen LogP contribution in [0.5, 0.6) is 0 Å². The van der Waals surface area contributed by atoms with E-state index in [-0.39, 0.29) is 0 Å². The molecule has 0 bridgehead atoms. The fourth-order valence-corrected chi connectivity index (χ4v) is 3.32. The smallest absolute Gasteiger partial charge is 0.174 e. The van der Waals surface area contributed by atoms with Crippen molar-refractivity contribution in [1.29, 1.82) is 0 Å². The van der Waals surface area contributed by atoms with Crippen LogP contribution in [0.1, 0.15) is 17.8 Å². The van der Waals surface area contributed by atoms with Crippen LogP contribution in [0.2, 0.25) is 0 Å². The van der Waals surface area contributed by atoms with Crippen molar-refractivity contribution in [1.82, 2.24) is 19.7 Å². The summed E-state index contributed by atoms with van der Waals surface area (Å²) in [4.78, 5) is 11.4. The molecule has 2 aromatic heterocycles. The van der Waals surface area contributed by atoms with Crippen molar-refractivity contribution in [2.24, 2.45) is 0 Å². The summed E-state index contributed by atoms with van der Waals surface area (Å²) in [7, 11) is 0. The molecule has 3 heterocycles. The Bertz CT molecular complexity index is 857. The lowest BCUT2D eigenvalue weighted by atomic mass is 10.2. The lowest BCUT2D eigenvalue weighted by Crippen LogP contribution is -2.27. The first-order chi connectivity index (χ1) is 12.2. The molecule has 0 spiro atoms. The van der Waals surface area contributed by atoms with Crippen LogP contribution in [-0.4, -0.2) is 38.9 Å². The summed E-state index contributed by atoms with van der Waals surface area (Å²) in [5.74, 6) is 1.67. The van der Waals surface area contributed by atoms with Gasteiger partial charge in [0.1, 0.15) is 5.82 Å². The third-order valence-electron chi connectivity index (χ3n) is 4.49. The van der Waals surface area contributed by atoms with Gasteiger partial charge >= 0.3 is 0 Å². The second-order valence-electron chi connectivity index (χ2n) is 6.52. The quantitative estimate of drug-likeness (QED) is 0.795. The summed E-state index contributed by atoms with van der Waals surface area (Å²) >= 11 is 0. The molecule has 4 rings (SSSR count). The number of nitrogens with zero attached hydrogens (tertiary/aromatic N) is 5. The molecule has 3 aromatic rings. The number of nitrogens with one attached hydrogen (secondary N) is 1. The molecular formula is C19H22N6. The molecule has 0 amide bonds. The summed E-state index contributed by atoms with van der Waals surface area (Å²) in [5.41, 5.74) is 3.21. The molecule has 0 aliphatic carbocycles. The number of hydrogen-bond acceptors (Lipinski definition) is 5. The van der Waals surface area contributed by atoms with Gasteiger partial charge in [0, 0.05) is 30.5 Å². The second kappa shape index (κ2) is 6.55. The minimum Gasteiger partial charge on any atom is -0.380 e. The van der Waals surface area contributed by atoms with E-state index in [1.54, 1.807) is 6.20 Å². The molecule has 6 heteroatoms. The molecule has 128 valence electrons. The van der Waals surface area contributed by atoms with Crippen LogP contribution in [-0.2, 0) is 0 Å². The fourth-order valence-electron chi connectivity index (χ4n) is 3.32. The maximum atomic E-state index is 4.78. The van der Waals surface area contributed by atoms with Gasteiger partial charge in [-0.3, -0.25) is 4.98 Å². The van der Waals surface area contributed by atoms with Gasteiger partial charge in [-0.1, -0.05) is 18.2 Å². The Hall–Kier alpha value is -2.89. The minimum atomic E-state index is 0.418. The van der Waals surface area contributed by atoms with E-state index in [0.29, 0.717) is 6.04 Å². The first-order valence-electron chi connectivity index (χ1n) is 8.61. The predicted octanol–water partition coefficient (Wildman–Crippen LogP) is 2.97. The largest absolute Gasteiger partial charge is 0.380 e. The Kier molecular flexibility index (Phi) is 4.09. The van der Waals surface area contributed by atoms with Crippen molar-refractivity contribution in [2.75, 3.05) is 23.3 Å². The number of aryl methyl sites for hydroxylation is 2. The zero-order valence-electron chi connectivity index (χ0n) is 14.6. The average molecular weight is 334 g/mol. The Morgan fingerprint density at radius 2 is 1.88 bits per heavy atom. The highest BCUT2D eigenvalue weighted by molar-refractivity contribution is 5.47. The van der Waals surface area contributed by atoms with Crippen LogP contribution in [0.3, 0.4) is 0 Å². The highest BCUT2D eigenvalue weighted by Crippen LogP contribution is 2.21. The zero-order chi connectivity index (χ0) is 17.2. The maximum absolute atomic E-state index is 4.78. The molecule has 25 heavy (non-hydrogen) atoms. The van der Waals surface area contributed by atoms with Gasteiger partial charge in [-0.15, -0.1) is 0 Å². The Balaban J connectivity index is 1.49. The topological polar surface area (TPSA) is 58.9 Å². The number of hydrogen-bond donors (Lipinski definition) is 1. The lowest BCUT2D eigenvalue weighted by Gasteiger charge is -2.19. The van der Waals surface area contributed by atoms with Crippen molar-refractivity contribution < 1.29 is 0 Å². The van der Waals surface area contributed by atoms with Crippen LogP contribution in [0.15, 0.2) is 48.8 Å². The summed E-state index contributed by atoms with van der Waals surface area (Å²) in [6, 6.07) is 12.8. The third-order valence-corrected chi connectivity index (χ3v) is 4.49. The van der Waals surface area contributed by atoms with E-state index >= 15 is 0 Å². The number of benzene rings is 1. The highest BCUT2D eigenvalue weighted by Gasteiger charge is 2.24. The third kappa shape index (κ3) is 3.33. The number of anilines is 2. The molecule has 1 atom stereocenters. The first-order valence-corrected chi connectivity index (χ1v) is 8.61. The molecule has 1 saturated heterocycles. The SMILES string of the molecule is Cc1cc(C)n(-c2cncc(N3CC[C@@H](Nc4ccccc4)C3)n2)n1. The lowest BCUT2D eigenvalue weighted by molar-refractivity contribution is 0.787. The molecule has 1 aliphatic heterocycles. The van der Waals surface area contributed by atoms with Crippen molar-refractivity contribution in [3.63, 3.8) is 0 Å². The van der Waals surface area contributed by atoms with Gasteiger partial charge in [0.2, 0.25) is 0 Å². The Morgan fingerprint density at radius 3 is 2.64 bits per heavy atom. The standard InChI is InChI=1S/C19H22N6/c1-14-10-15(2)25(23-14)19-12-20-11-18(22-19)24-9-8-17(13-24)21-16-6-4-3-5-7-16/h3-7,10-12,17,21H,8-9,13H2,1-2H3/t17-/m1/s1. The zero-order valence-corrected chi connectivity index (χ0v) is 14.6. The van der Waals surface area contributed by atoms with Crippen molar-refractivity contribution in [3.8, 4) is 5.82 Å². The molecule has 0 radical (unpaired) electrons. The second-order valence-corrected chi connectivity index (χ2v) is 6.52. The molecule has 1 aliphatic rings. The van der Waals surface area contributed by atoms with E-state index in [1.165, 1.54) is 0 Å². The first kappa shape index (κ1) is 15.6. The van der Waals surface area contributed by atoms with Gasteiger partial charge in [-0.2, -0.15) is 5.10 Å². The van der Waals surface area contributed by atoms with Gasteiger partial charge in [-0.25, -0.2) is 9.67 Å². The van der Waals surface area contributed by atoms with E-state index in [4.69, 9.17) is 4.98 Å². The molecule has 6 nitrogen and oxygen atoms in total. The number of para-hydroxylation sites is 1. The predicted molar refractivity (Wildman–Crippen MR) is 99.3 cm³/mol. The van der Waals surface area contributed by atoms with E-state index in [1.807, 2.05) is 36.9 Å². The van der Waals surface area contributed by atoms with Gasteiger partial charge < -0.3 is 10.2 Å².